The zero-order valence-corrected chi connectivity index (χ0v) is 14.7. The predicted octanol–water partition coefficient (Wildman–Crippen LogP) is 3.57. The van der Waals surface area contributed by atoms with E-state index in [1.807, 2.05) is 11.7 Å². The molecule has 0 saturated heterocycles. The Labute approximate surface area is 135 Å². The minimum atomic E-state index is 0.246. The Morgan fingerprint density at radius 2 is 1.95 bits per heavy atom. The number of hydrogen-bond donors (Lipinski definition) is 1. The number of nitrogens with zero attached hydrogens (tertiary/aromatic N) is 3. The molecule has 1 atom stereocenters. The van der Waals surface area contributed by atoms with Crippen molar-refractivity contribution in [3.8, 4) is 0 Å². The first-order valence-corrected chi connectivity index (χ1v) is 8.16. The zero-order chi connectivity index (χ0) is 15.4. The molecule has 0 aliphatic rings. The molecule has 0 saturated carbocycles. The summed E-state index contributed by atoms with van der Waals surface area (Å²) >= 11 is 3.63. The van der Waals surface area contributed by atoms with Crippen LogP contribution < -0.4 is 5.32 Å². The average molecular weight is 351 g/mol. The molecule has 0 bridgehead atoms. The van der Waals surface area contributed by atoms with Gasteiger partial charge in [0.2, 0.25) is 0 Å². The number of rotatable bonds is 6. The molecule has 4 nitrogen and oxygen atoms in total. The molecule has 0 aliphatic heterocycles. The van der Waals surface area contributed by atoms with E-state index in [9.17, 15) is 0 Å². The van der Waals surface area contributed by atoms with E-state index in [0.717, 1.165) is 25.2 Å². The molecule has 0 radical (unpaired) electrons. The lowest BCUT2D eigenvalue weighted by molar-refractivity contribution is 0.516. The van der Waals surface area contributed by atoms with Gasteiger partial charge < -0.3 is 5.32 Å². The topological polar surface area (TPSA) is 42.7 Å². The third kappa shape index (κ3) is 3.71. The Morgan fingerprint density at radius 1 is 1.29 bits per heavy atom. The molecular weight excluding hydrogens is 328 g/mol. The predicted molar refractivity (Wildman–Crippen MR) is 89.4 cm³/mol. The van der Waals surface area contributed by atoms with Gasteiger partial charge >= 0.3 is 0 Å². The standard InChI is InChI=1S/C16H23BrN4/c1-5-6-21-15(19-10-20-21)9-14(18-4)13-7-11(2)16(17)12(3)8-13/h7-8,10,14,18H,5-6,9H2,1-4H3. The highest BCUT2D eigenvalue weighted by Gasteiger charge is 2.16. The smallest absolute Gasteiger partial charge is 0.138 e. The fraction of sp³-hybridized carbons (Fsp3) is 0.500. The molecule has 0 fully saturated rings. The fourth-order valence-electron chi connectivity index (χ4n) is 2.59. The second-order valence-corrected chi connectivity index (χ2v) is 6.21. The van der Waals surface area contributed by atoms with Crippen LogP contribution in [0.2, 0.25) is 0 Å². The maximum absolute atomic E-state index is 4.41. The van der Waals surface area contributed by atoms with Gasteiger partial charge in [-0.05, 0) is 44.0 Å². The lowest BCUT2D eigenvalue weighted by Gasteiger charge is -2.19. The minimum Gasteiger partial charge on any atom is -0.313 e. The number of hydrogen-bond acceptors (Lipinski definition) is 3. The van der Waals surface area contributed by atoms with Gasteiger partial charge in [-0.15, -0.1) is 0 Å². The maximum Gasteiger partial charge on any atom is 0.138 e. The number of likely N-dealkylation sites (N-methyl/N-ethyl adjacent to an activating group) is 1. The van der Waals surface area contributed by atoms with Gasteiger partial charge in [0.15, 0.2) is 0 Å². The van der Waals surface area contributed by atoms with Gasteiger partial charge in [-0.2, -0.15) is 5.10 Å². The normalized spacial score (nSPS) is 12.6. The summed E-state index contributed by atoms with van der Waals surface area (Å²) in [4.78, 5) is 4.41. The van der Waals surface area contributed by atoms with Gasteiger partial charge in [-0.3, -0.25) is 4.68 Å². The summed E-state index contributed by atoms with van der Waals surface area (Å²) in [6, 6.07) is 4.72. The van der Waals surface area contributed by atoms with E-state index >= 15 is 0 Å². The lowest BCUT2D eigenvalue weighted by atomic mass is 9.99. The third-order valence-electron chi connectivity index (χ3n) is 3.73. The highest BCUT2D eigenvalue weighted by molar-refractivity contribution is 9.10. The minimum absolute atomic E-state index is 0.246. The van der Waals surface area contributed by atoms with Crippen molar-refractivity contribution >= 4 is 15.9 Å². The van der Waals surface area contributed by atoms with Crippen molar-refractivity contribution in [2.24, 2.45) is 0 Å². The van der Waals surface area contributed by atoms with Crippen LogP contribution in [0.5, 0.6) is 0 Å². The molecule has 5 heteroatoms. The van der Waals surface area contributed by atoms with Gasteiger partial charge in [-0.25, -0.2) is 4.98 Å². The van der Waals surface area contributed by atoms with Crippen molar-refractivity contribution in [1.29, 1.82) is 0 Å². The van der Waals surface area contributed by atoms with Crippen molar-refractivity contribution in [2.45, 2.75) is 46.2 Å². The van der Waals surface area contributed by atoms with Crippen LogP contribution in [-0.2, 0) is 13.0 Å². The Hall–Kier alpha value is -1.20. The highest BCUT2D eigenvalue weighted by atomic mass is 79.9. The van der Waals surface area contributed by atoms with Crippen LogP contribution in [0.3, 0.4) is 0 Å². The van der Waals surface area contributed by atoms with Gasteiger partial charge in [0.05, 0.1) is 0 Å². The van der Waals surface area contributed by atoms with E-state index in [1.165, 1.54) is 21.2 Å². The first-order chi connectivity index (χ1) is 10.1. The summed E-state index contributed by atoms with van der Waals surface area (Å²) in [5.74, 6) is 1.04. The maximum atomic E-state index is 4.41. The summed E-state index contributed by atoms with van der Waals surface area (Å²) in [6.45, 7) is 7.34. The molecule has 0 aliphatic carbocycles. The van der Waals surface area contributed by atoms with Crippen LogP contribution in [0.4, 0.5) is 0 Å². The molecule has 2 rings (SSSR count). The number of aromatic nitrogens is 3. The summed E-state index contributed by atoms with van der Waals surface area (Å²) in [7, 11) is 2.00. The lowest BCUT2D eigenvalue weighted by Crippen LogP contribution is -2.21. The molecule has 114 valence electrons. The van der Waals surface area contributed by atoms with E-state index in [0.29, 0.717) is 0 Å². The molecule has 2 aromatic rings. The molecule has 1 aromatic carbocycles. The largest absolute Gasteiger partial charge is 0.313 e. The SMILES string of the molecule is CCCn1ncnc1CC(NC)c1cc(C)c(Br)c(C)c1. The summed E-state index contributed by atoms with van der Waals surface area (Å²) < 4.78 is 3.19. The Bertz CT molecular complexity index is 583. The van der Waals surface area contributed by atoms with Crippen molar-refractivity contribution in [2.75, 3.05) is 7.05 Å². The van der Waals surface area contributed by atoms with Crippen LogP contribution in [0.1, 0.15) is 41.9 Å². The van der Waals surface area contributed by atoms with E-state index in [-0.39, 0.29) is 6.04 Å². The molecule has 0 amide bonds. The zero-order valence-electron chi connectivity index (χ0n) is 13.2. The number of halogens is 1. The second kappa shape index (κ2) is 7.18. The summed E-state index contributed by atoms with van der Waals surface area (Å²) in [5, 5.41) is 7.71. The third-order valence-corrected chi connectivity index (χ3v) is 4.98. The van der Waals surface area contributed by atoms with Crippen LogP contribution >= 0.6 is 15.9 Å². The van der Waals surface area contributed by atoms with Gasteiger partial charge in [0, 0.05) is 23.5 Å². The summed E-state index contributed by atoms with van der Waals surface area (Å²) in [6.07, 6.45) is 3.56. The Balaban J connectivity index is 2.26. The molecule has 0 spiro atoms. The molecule has 1 heterocycles. The van der Waals surface area contributed by atoms with Gasteiger partial charge in [0.1, 0.15) is 12.2 Å². The van der Waals surface area contributed by atoms with Crippen molar-refractivity contribution in [1.82, 2.24) is 20.1 Å². The molecule has 1 N–H and O–H groups in total. The number of benzene rings is 1. The van der Waals surface area contributed by atoms with Crippen LogP contribution in [0.25, 0.3) is 0 Å². The van der Waals surface area contributed by atoms with E-state index in [4.69, 9.17) is 0 Å². The molecule has 1 aromatic heterocycles. The highest BCUT2D eigenvalue weighted by Crippen LogP contribution is 2.26. The monoisotopic (exact) mass is 350 g/mol. The van der Waals surface area contributed by atoms with Crippen molar-refractivity contribution in [3.63, 3.8) is 0 Å². The van der Waals surface area contributed by atoms with Crippen molar-refractivity contribution < 1.29 is 0 Å². The Kier molecular flexibility index (Phi) is 5.53. The second-order valence-electron chi connectivity index (χ2n) is 5.41. The first-order valence-electron chi connectivity index (χ1n) is 7.37. The fourth-order valence-corrected chi connectivity index (χ4v) is 2.82. The number of nitrogens with one attached hydrogen (secondary N) is 1. The molecule has 1 unspecified atom stereocenters. The Morgan fingerprint density at radius 3 is 2.52 bits per heavy atom. The van der Waals surface area contributed by atoms with Crippen LogP contribution in [0, 0.1) is 13.8 Å². The van der Waals surface area contributed by atoms with Crippen LogP contribution in [0.15, 0.2) is 22.9 Å². The molecule has 21 heavy (non-hydrogen) atoms. The van der Waals surface area contributed by atoms with E-state index < -0.39 is 0 Å². The van der Waals surface area contributed by atoms with E-state index in [2.05, 4.69) is 64.2 Å². The first kappa shape index (κ1) is 16.2. The van der Waals surface area contributed by atoms with E-state index in [1.54, 1.807) is 6.33 Å². The quantitative estimate of drug-likeness (QED) is 0.865. The van der Waals surface area contributed by atoms with Gasteiger partial charge in [-0.1, -0.05) is 35.0 Å². The summed E-state index contributed by atoms with van der Waals surface area (Å²) in [5.41, 5.74) is 3.82. The number of aryl methyl sites for hydroxylation is 3. The van der Waals surface area contributed by atoms with Crippen LogP contribution in [-0.4, -0.2) is 21.8 Å². The average Bonchev–Trinajstić information content (AvgIpc) is 2.89. The molecular formula is C16H23BrN4. The van der Waals surface area contributed by atoms with Gasteiger partial charge in [0.25, 0.3) is 0 Å². The van der Waals surface area contributed by atoms with Crippen molar-refractivity contribution in [3.05, 3.63) is 45.4 Å².